The van der Waals surface area contributed by atoms with Gasteiger partial charge in [0.05, 0.1) is 24.9 Å². The maximum absolute atomic E-state index is 15.1. The van der Waals surface area contributed by atoms with Crippen LogP contribution in [0.2, 0.25) is 0 Å². The average molecular weight is 907 g/mol. The number of aryl methyl sites for hydroxylation is 1. The number of aliphatic carboxylic acids is 2. The van der Waals surface area contributed by atoms with Crippen LogP contribution in [0.25, 0.3) is 0 Å². The summed E-state index contributed by atoms with van der Waals surface area (Å²) in [4.78, 5) is 119. The number of amides is 6. The van der Waals surface area contributed by atoms with Crippen LogP contribution in [-0.2, 0) is 56.1 Å². The Morgan fingerprint density at radius 2 is 1.34 bits per heavy atom. The monoisotopic (exact) mass is 906 g/mol. The summed E-state index contributed by atoms with van der Waals surface area (Å²) in [5.41, 5.74) is 5.78. The number of benzene rings is 2. The number of nitrogens with zero attached hydrogens (tertiary/aromatic N) is 1. The van der Waals surface area contributed by atoms with Gasteiger partial charge in [-0.05, 0) is 47.8 Å². The van der Waals surface area contributed by atoms with Crippen LogP contribution in [0.5, 0.6) is 0 Å². The highest BCUT2D eigenvalue weighted by molar-refractivity contribution is 6.03. The van der Waals surface area contributed by atoms with Crippen molar-refractivity contribution in [2.45, 2.75) is 129 Å². The van der Waals surface area contributed by atoms with Crippen molar-refractivity contribution in [3.05, 3.63) is 71.3 Å². The molecule has 0 aliphatic carbocycles. The number of nitrogens with two attached hydrogens (primary N) is 1. The van der Waals surface area contributed by atoms with Gasteiger partial charge in [0.25, 0.3) is 5.91 Å². The zero-order valence-corrected chi connectivity index (χ0v) is 36.4. The number of carbonyl (C=O) groups is 9. The topological polar surface area (TPSA) is 281 Å². The van der Waals surface area contributed by atoms with E-state index in [-0.39, 0.29) is 25.0 Å². The fraction of sp³-hybridized carbons (Fsp3) is 0.512. The van der Waals surface area contributed by atoms with E-state index < -0.39 is 128 Å². The summed E-state index contributed by atoms with van der Waals surface area (Å²) in [5.74, 6) is -9.08. The highest BCUT2D eigenvalue weighted by Gasteiger charge is 2.47. The summed E-state index contributed by atoms with van der Waals surface area (Å²) in [5, 5.41) is 27.7. The molecule has 6 atom stereocenters. The Balaban J connectivity index is 2.79. The number of rotatable bonds is 23. The number of nitrogens with one attached hydrogen (secondary N) is 4. The van der Waals surface area contributed by atoms with E-state index in [0.29, 0.717) is 21.6 Å². The van der Waals surface area contributed by atoms with E-state index >= 15 is 4.79 Å². The number of halogens is 3. The summed E-state index contributed by atoms with van der Waals surface area (Å²) in [6.45, 7) is 8.90. The number of alkyl halides is 3. The second-order valence-electron chi connectivity index (χ2n) is 16.7. The molecule has 0 aliphatic rings. The zero-order chi connectivity index (χ0) is 48.5. The molecule has 2 aromatic rings. The standard InChI is InChI=1S/C43H57F3N6O12/c1-24(2)18-31(38(60)48-28(22-53)21-43(44,45)46)50-39(61)35(42(4,5)6)52(41(63)64-23-26-13-8-7-9-14-26)40(62)32(19-27-15-11-10-12-25(27)3)51-37(59)30(16-17-33(54)55)49-36(58)29(47)20-34(56)57/h7-15,22,24,28-32,35H,16-21,23,47H2,1-6H3,(H,48,60)(H,49,58)(H,50,61)(H,51,59)(H,54,55)(H,56,57)/t28?,29-,30-,31-,32-,35+/m0/s1. The van der Waals surface area contributed by atoms with Crippen LogP contribution < -0.4 is 27.0 Å². The van der Waals surface area contributed by atoms with E-state index in [1.807, 2.05) is 5.32 Å². The molecule has 0 radical (unpaired) electrons. The van der Waals surface area contributed by atoms with Gasteiger partial charge >= 0.3 is 24.2 Å². The molecular weight excluding hydrogens is 849 g/mol. The SMILES string of the molecule is Cc1ccccc1C[C@H](NC(=O)[C@H](CCC(=O)O)NC(=O)[C@@H](N)CC(=O)O)C(=O)N(C(=O)OCc1ccccc1)[C@H](C(=O)N[C@@H](CC(C)C)C(=O)NC(C=O)CC(F)(F)F)C(C)(C)C. The Hall–Kier alpha value is -6.38. The number of hydrogen-bond acceptors (Lipinski definition) is 11. The molecule has 0 fully saturated rings. The molecule has 6 amide bonds. The Labute approximate surface area is 368 Å². The van der Waals surface area contributed by atoms with Crippen LogP contribution in [0.15, 0.2) is 54.6 Å². The molecule has 0 saturated heterocycles. The molecule has 2 aromatic carbocycles. The number of ether oxygens (including phenoxy) is 1. The maximum Gasteiger partial charge on any atom is 0.417 e. The molecule has 2 rings (SSSR count). The Kier molecular flexibility index (Phi) is 20.5. The fourth-order valence-electron chi connectivity index (χ4n) is 6.42. The lowest BCUT2D eigenvalue weighted by atomic mass is 9.84. The lowest BCUT2D eigenvalue weighted by molar-refractivity contribution is -0.148. The summed E-state index contributed by atoms with van der Waals surface area (Å²) in [6, 6.07) is 4.07. The molecule has 0 saturated carbocycles. The lowest BCUT2D eigenvalue weighted by Gasteiger charge is -2.39. The molecule has 18 nitrogen and oxygen atoms in total. The highest BCUT2D eigenvalue weighted by atomic mass is 19.4. The number of carboxylic acids is 2. The number of imide groups is 1. The molecular formula is C43H57F3N6O12. The van der Waals surface area contributed by atoms with Gasteiger partial charge in [-0.3, -0.25) is 33.6 Å². The first-order valence-corrected chi connectivity index (χ1v) is 20.2. The van der Waals surface area contributed by atoms with Crippen LogP contribution in [0.3, 0.4) is 0 Å². The first kappa shape index (κ1) is 53.8. The van der Waals surface area contributed by atoms with Crippen molar-refractivity contribution in [3.63, 3.8) is 0 Å². The van der Waals surface area contributed by atoms with Crippen LogP contribution in [0, 0.1) is 18.3 Å². The Morgan fingerprint density at radius 1 is 0.781 bits per heavy atom. The molecule has 1 unspecified atom stereocenters. The minimum atomic E-state index is -4.84. The van der Waals surface area contributed by atoms with E-state index in [1.165, 1.54) is 20.8 Å². The van der Waals surface area contributed by atoms with Gasteiger partial charge in [0.15, 0.2) is 0 Å². The number of carbonyl (C=O) groups excluding carboxylic acids is 7. The van der Waals surface area contributed by atoms with Crippen LogP contribution in [0.4, 0.5) is 18.0 Å². The van der Waals surface area contributed by atoms with Gasteiger partial charge in [-0.25, -0.2) is 9.69 Å². The van der Waals surface area contributed by atoms with Crippen molar-refractivity contribution < 1.29 is 71.3 Å². The number of aldehydes is 1. The molecule has 0 aliphatic heterocycles. The second kappa shape index (κ2) is 24.5. The third kappa shape index (κ3) is 18.1. The molecule has 0 bridgehead atoms. The van der Waals surface area contributed by atoms with Crippen LogP contribution in [-0.4, -0.2) is 111 Å². The molecule has 0 heterocycles. The quantitative estimate of drug-likeness (QED) is 0.0792. The molecule has 0 aromatic heterocycles. The van der Waals surface area contributed by atoms with Gasteiger partial charge in [0.1, 0.15) is 37.1 Å². The largest absolute Gasteiger partial charge is 0.481 e. The smallest absolute Gasteiger partial charge is 0.417 e. The first-order valence-electron chi connectivity index (χ1n) is 20.2. The first-order chi connectivity index (χ1) is 29.7. The Bertz CT molecular complexity index is 1980. The fourth-order valence-corrected chi connectivity index (χ4v) is 6.42. The lowest BCUT2D eigenvalue weighted by Crippen LogP contribution is -2.64. The van der Waals surface area contributed by atoms with Gasteiger partial charge in [-0.15, -0.1) is 0 Å². The van der Waals surface area contributed by atoms with Gasteiger partial charge < -0.3 is 46.7 Å². The molecule has 64 heavy (non-hydrogen) atoms. The van der Waals surface area contributed by atoms with Crippen molar-refractivity contribution in [2.24, 2.45) is 17.1 Å². The summed E-state index contributed by atoms with van der Waals surface area (Å²) >= 11 is 0. The number of carboxylic acid groups (broad SMARTS) is 2. The highest BCUT2D eigenvalue weighted by Crippen LogP contribution is 2.28. The third-order valence-corrected chi connectivity index (χ3v) is 9.56. The van der Waals surface area contributed by atoms with Crippen molar-refractivity contribution in [1.29, 1.82) is 0 Å². The van der Waals surface area contributed by atoms with E-state index in [4.69, 9.17) is 15.6 Å². The van der Waals surface area contributed by atoms with Crippen molar-refractivity contribution in [3.8, 4) is 0 Å². The van der Waals surface area contributed by atoms with Crippen molar-refractivity contribution in [1.82, 2.24) is 26.2 Å². The van der Waals surface area contributed by atoms with Gasteiger partial charge in [0, 0.05) is 12.8 Å². The molecule has 0 spiro atoms. The van der Waals surface area contributed by atoms with Crippen LogP contribution in [0.1, 0.15) is 83.4 Å². The van der Waals surface area contributed by atoms with Gasteiger partial charge in [-0.1, -0.05) is 89.2 Å². The summed E-state index contributed by atoms with van der Waals surface area (Å²) < 4.78 is 45.2. The predicted octanol–water partition coefficient (Wildman–Crippen LogP) is 2.92. The molecule has 21 heteroatoms. The predicted molar refractivity (Wildman–Crippen MR) is 223 cm³/mol. The van der Waals surface area contributed by atoms with Crippen molar-refractivity contribution in [2.75, 3.05) is 0 Å². The summed E-state index contributed by atoms with van der Waals surface area (Å²) in [6.07, 6.45) is -10.7. The minimum absolute atomic E-state index is 0.105. The Morgan fingerprint density at radius 3 is 1.88 bits per heavy atom. The summed E-state index contributed by atoms with van der Waals surface area (Å²) in [7, 11) is 0. The second-order valence-corrected chi connectivity index (χ2v) is 16.7. The third-order valence-electron chi connectivity index (χ3n) is 9.56. The van der Waals surface area contributed by atoms with E-state index in [2.05, 4.69) is 16.0 Å². The maximum atomic E-state index is 15.1. The average Bonchev–Trinajstić information content (AvgIpc) is 3.18. The van der Waals surface area contributed by atoms with E-state index in [0.717, 1.165) is 0 Å². The van der Waals surface area contributed by atoms with E-state index in [9.17, 15) is 56.6 Å². The van der Waals surface area contributed by atoms with Crippen LogP contribution >= 0.6 is 0 Å². The van der Waals surface area contributed by atoms with Gasteiger partial charge in [-0.2, -0.15) is 13.2 Å². The van der Waals surface area contributed by atoms with Crippen molar-refractivity contribution >= 4 is 53.9 Å². The molecule has 8 N–H and O–H groups in total. The van der Waals surface area contributed by atoms with E-state index in [1.54, 1.807) is 75.4 Å². The normalized spacial score (nSPS) is 14.4. The zero-order valence-electron chi connectivity index (χ0n) is 36.4. The minimum Gasteiger partial charge on any atom is -0.481 e. The van der Waals surface area contributed by atoms with Gasteiger partial charge in [0.2, 0.25) is 23.6 Å². The molecule has 352 valence electrons. The number of hydrogen-bond donors (Lipinski definition) is 7.